The molecule has 0 amide bonds. The highest BCUT2D eigenvalue weighted by molar-refractivity contribution is 9.10. The first-order valence-electron chi connectivity index (χ1n) is 5.88. The zero-order valence-corrected chi connectivity index (χ0v) is 13.1. The molecular formula is C13H16BrN3S. The van der Waals surface area contributed by atoms with E-state index in [1.807, 2.05) is 6.07 Å². The Kier molecular flexibility index (Phi) is 4.48. The Labute approximate surface area is 120 Å². The van der Waals surface area contributed by atoms with Crippen LogP contribution in [-0.2, 0) is 6.54 Å². The van der Waals surface area contributed by atoms with Crippen LogP contribution in [0.4, 0.5) is 0 Å². The zero-order valence-electron chi connectivity index (χ0n) is 10.7. The van der Waals surface area contributed by atoms with E-state index in [9.17, 15) is 0 Å². The molecule has 5 heteroatoms. The summed E-state index contributed by atoms with van der Waals surface area (Å²) in [7, 11) is 0. The Balaban J connectivity index is 2.21. The smallest absolute Gasteiger partial charge is 0.148 e. The molecule has 1 heterocycles. The lowest BCUT2D eigenvalue weighted by Gasteiger charge is -2.04. The molecule has 3 nitrogen and oxygen atoms in total. The minimum Gasteiger partial charge on any atom is -0.308 e. The summed E-state index contributed by atoms with van der Waals surface area (Å²) in [5, 5.41) is 13.9. The monoisotopic (exact) mass is 325 g/mol. The quantitative estimate of drug-likeness (QED) is 0.929. The van der Waals surface area contributed by atoms with Crippen molar-refractivity contribution < 1.29 is 0 Å². The van der Waals surface area contributed by atoms with Crippen LogP contribution in [0.2, 0.25) is 0 Å². The van der Waals surface area contributed by atoms with Gasteiger partial charge in [0.2, 0.25) is 0 Å². The summed E-state index contributed by atoms with van der Waals surface area (Å²) < 4.78 is 1.07. The van der Waals surface area contributed by atoms with E-state index in [0.29, 0.717) is 6.04 Å². The molecule has 1 aromatic heterocycles. The SMILES string of the molecule is Cc1ccc(Br)cc1-c1nnc(CNC(C)C)s1. The first-order chi connectivity index (χ1) is 8.56. The Morgan fingerprint density at radius 3 is 2.83 bits per heavy atom. The van der Waals surface area contributed by atoms with Crippen molar-refractivity contribution in [2.45, 2.75) is 33.4 Å². The van der Waals surface area contributed by atoms with Gasteiger partial charge in [0.1, 0.15) is 10.0 Å². The summed E-state index contributed by atoms with van der Waals surface area (Å²) in [6.07, 6.45) is 0. The van der Waals surface area contributed by atoms with Gasteiger partial charge in [-0.1, -0.05) is 47.2 Å². The molecule has 0 aliphatic carbocycles. The Hall–Kier alpha value is -0.780. The number of aromatic nitrogens is 2. The summed E-state index contributed by atoms with van der Waals surface area (Å²) in [5.74, 6) is 0. The van der Waals surface area contributed by atoms with E-state index < -0.39 is 0 Å². The predicted octanol–water partition coefficient (Wildman–Crippen LogP) is 3.77. The maximum atomic E-state index is 4.27. The van der Waals surface area contributed by atoms with Crippen molar-refractivity contribution in [1.82, 2.24) is 15.5 Å². The van der Waals surface area contributed by atoms with Gasteiger partial charge in [-0.2, -0.15) is 0 Å². The normalized spacial score (nSPS) is 11.2. The number of halogens is 1. The van der Waals surface area contributed by atoms with E-state index in [2.05, 4.69) is 64.3 Å². The molecule has 0 spiro atoms. The molecule has 0 unspecified atom stereocenters. The molecule has 0 aliphatic rings. The standard InChI is InChI=1S/C13H16BrN3S/c1-8(2)15-7-12-16-17-13(18-12)11-6-10(14)5-4-9(11)3/h4-6,8,15H,7H2,1-3H3. The van der Waals surface area contributed by atoms with Gasteiger partial charge in [0.05, 0.1) is 0 Å². The second kappa shape index (κ2) is 5.91. The van der Waals surface area contributed by atoms with Crippen LogP contribution in [0.1, 0.15) is 24.4 Å². The van der Waals surface area contributed by atoms with Crippen LogP contribution in [0.5, 0.6) is 0 Å². The number of nitrogens with one attached hydrogen (secondary N) is 1. The fraction of sp³-hybridized carbons (Fsp3) is 0.385. The van der Waals surface area contributed by atoms with Gasteiger partial charge in [-0.25, -0.2) is 0 Å². The number of aryl methyl sites for hydroxylation is 1. The molecule has 0 saturated carbocycles. The lowest BCUT2D eigenvalue weighted by molar-refractivity contribution is 0.585. The highest BCUT2D eigenvalue weighted by atomic mass is 79.9. The van der Waals surface area contributed by atoms with Crippen LogP contribution >= 0.6 is 27.3 Å². The Morgan fingerprint density at radius 1 is 1.33 bits per heavy atom. The fourth-order valence-electron chi connectivity index (χ4n) is 1.55. The number of hydrogen-bond donors (Lipinski definition) is 1. The predicted molar refractivity (Wildman–Crippen MR) is 79.8 cm³/mol. The van der Waals surface area contributed by atoms with Crippen LogP contribution in [-0.4, -0.2) is 16.2 Å². The lowest BCUT2D eigenvalue weighted by atomic mass is 10.1. The van der Waals surface area contributed by atoms with Gasteiger partial charge < -0.3 is 5.32 Å². The minimum atomic E-state index is 0.463. The second-order valence-electron chi connectivity index (χ2n) is 4.50. The first kappa shape index (κ1) is 13.6. The van der Waals surface area contributed by atoms with Gasteiger partial charge in [-0.05, 0) is 24.6 Å². The second-order valence-corrected chi connectivity index (χ2v) is 6.47. The maximum absolute atomic E-state index is 4.27. The lowest BCUT2D eigenvalue weighted by Crippen LogP contribution is -2.21. The highest BCUT2D eigenvalue weighted by Crippen LogP contribution is 2.29. The summed E-state index contributed by atoms with van der Waals surface area (Å²) in [4.78, 5) is 0. The van der Waals surface area contributed by atoms with Gasteiger partial charge in [-0.15, -0.1) is 10.2 Å². The number of benzene rings is 1. The van der Waals surface area contributed by atoms with E-state index in [0.717, 1.165) is 26.6 Å². The van der Waals surface area contributed by atoms with E-state index in [1.54, 1.807) is 11.3 Å². The number of nitrogens with zero attached hydrogens (tertiary/aromatic N) is 2. The molecule has 0 atom stereocenters. The highest BCUT2D eigenvalue weighted by Gasteiger charge is 2.09. The van der Waals surface area contributed by atoms with Crippen molar-refractivity contribution in [1.29, 1.82) is 0 Å². The van der Waals surface area contributed by atoms with Crippen molar-refractivity contribution >= 4 is 27.3 Å². The third-order valence-electron chi connectivity index (χ3n) is 2.56. The van der Waals surface area contributed by atoms with Crippen LogP contribution < -0.4 is 5.32 Å². The van der Waals surface area contributed by atoms with Crippen molar-refractivity contribution in [2.24, 2.45) is 0 Å². The first-order valence-corrected chi connectivity index (χ1v) is 7.49. The van der Waals surface area contributed by atoms with Crippen molar-refractivity contribution in [3.05, 3.63) is 33.2 Å². The van der Waals surface area contributed by atoms with Crippen LogP contribution in [0.25, 0.3) is 10.6 Å². The topological polar surface area (TPSA) is 37.8 Å². The molecule has 0 aliphatic heterocycles. The fourth-order valence-corrected chi connectivity index (χ4v) is 2.78. The summed E-state index contributed by atoms with van der Waals surface area (Å²) in [6.45, 7) is 7.12. The van der Waals surface area contributed by atoms with Crippen LogP contribution in [0.3, 0.4) is 0 Å². The van der Waals surface area contributed by atoms with Crippen LogP contribution in [0, 0.1) is 6.92 Å². The van der Waals surface area contributed by atoms with Crippen LogP contribution in [0.15, 0.2) is 22.7 Å². The van der Waals surface area contributed by atoms with E-state index in [-0.39, 0.29) is 0 Å². The molecule has 18 heavy (non-hydrogen) atoms. The Morgan fingerprint density at radius 2 is 2.11 bits per heavy atom. The molecular weight excluding hydrogens is 310 g/mol. The van der Waals surface area contributed by atoms with E-state index in [4.69, 9.17) is 0 Å². The minimum absolute atomic E-state index is 0.463. The molecule has 2 aromatic rings. The van der Waals surface area contributed by atoms with Gasteiger partial charge in [0.15, 0.2) is 0 Å². The van der Waals surface area contributed by atoms with Crippen molar-refractivity contribution in [2.75, 3.05) is 0 Å². The zero-order chi connectivity index (χ0) is 13.1. The third-order valence-corrected chi connectivity index (χ3v) is 4.01. The average molecular weight is 326 g/mol. The van der Waals surface area contributed by atoms with E-state index >= 15 is 0 Å². The molecule has 0 fully saturated rings. The molecule has 0 bridgehead atoms. The summed E-state index contributed by atoms with van der Waals surface area (Å²) in [6, 6.07) is 6.69. The maximum Gasteiger partial charge on any atom is 0.148 e. The molecule has 1 N–H and O–H groups in total. The van der Waals surface area contributed by atoms with Gasteiger partial charge in [0.25, 0.3) is 0 Å². The molecule has 0 saturated heterocycles. The third kappa shape index (κ3) is 3.37. The summed E-state index contributed by atoms with van der Waals surface area (Å²) >= 11 is 5.14. The van der Waals surface area contributed by atoms with Gasteiger partial charge in [-0.3, -0.25) is 0 Å². The Bertz CT molecular complexity index is 537. The largest absolute Gasteiger partial charge is 0.308 e. The van der Waals surface area contributed by atoms with Crippen molar-refractivity contribution in [3.8, 4) is 10.6 Å². The molecule has 0 radical (unpaired) electrons. The van der Waals surface area contributed by atoms with Crippen molar-refractivity contribution in [3.63, 3.8) is 0 Å². The molecule has 1 aromatic carbocycles. The number of rotatable bonds is 4. The average Bonchev–Trinajstić information content (AvgIpc) is 2.78. The van der Waals surface area contributed by atoms with Gasteiger partial charge >= 0.3 is 0 Å². The van der Waals surface area contributed by atoms with E-state index in [1.165, 1.54) is 5.56 Å². The number of hydrogen-bond acceptors (Lipinski definition) is 4. The molecule has 2 rings (SSSR count). The van der Waals surface area contributed by atoms with Gasteiger partial charge in [0, 0.05) is 22.6 Å². The molecule has 96 valence electrons. The summed E-state index contributed by atoms with van der Waals surface area (Å²) in [5.41, 5.74) is 2.37.